The molecule has 0 bridgehead atoms. The second kappa shape index (κ2) is 6.49. The molecule has 3 aromatic rings. The Balaban J connectivity index is 1.91. The van der Waals surface area contributed by atoms with Crippen molar-refractivity contribution < 1.29 is 9.50 Å². The molecule has 0 unspecified atom stereocenters. The molecule has 5 heteroatoms. The fourth-order valence-corrected chi connectivity index (χ4v) is 2.39. The summed E-state index contributed by atoms with van der Waals surface area (Å²) < 4.78 is 14.7. The normalized spacial score (nSPS) is 10.8. The zero-order valence-electron chi connectivity index (χ0n) is 12.0. The first kappa shape index (κ1) is 14.4. The van der Waals surface area contributed by atoms with Gasteiger partial charge in [-0.1, -0.05) is 12.1 Å². The van der Waals surface area contributed by atoms with Crippen LogP contribution in [-0.2, 0) is 13.0 Å². The third-order valence-electron chi connectivity index (χ3n) is 3.42. The topological polar surface area (TPSA) is 50.9 Å². The summed E-state index contributed by atoms with van der Waals surface area (Å²) in [6.45, 7) is 0.455. The number of aromatic nitrogens is 3. The van der Waals surface area contributed by atoms with E-state index in [9.17, 15) is 9.50 Å². The van der Waals surface area contributed by atoms with E-state index in [4.69, 9.17) is 0 Å². The van der Waals surface area contributed by atoms with Gasteiger partial charge in [0.15, 0.2) is 0 Å². The van der Waals surface area contributed by atoms with Gasteiger partial charge >= 0.3 is 0 Å². The Hall–Kier alpha value is -2.53. The lowest BCUT2D eigenvalue weighted by atomic mass is 10.1. The SMILES string of the molecule is OCCn1nc(Cc2ccc(F)cc2)cc1-c1ccncc1. The molecule has 4 nitrogen and oxygen atoms in total. The van der Waals surface area contributed by atoms with Gasteiger partial charge in [-0.2, -0.15) is 5.10 Å². The van der Waals surface area contributed by atoms with Crippen molar-refractivity contribution in [1.29, 1.82) is 0 Å². The third kappa shape index (κ3) is 3.20. The molecule has 0 fully saturated rings. The minimum Gasteiger partial charge on any atom is -0.394 e. The molecule has 0 aliphatic heterocycles. The Labute approximate surface area is 127 Å². The molecule has 3 rings (SSSR count). The number of halogens is 1. The zero-order chi connectivity index (χ0) is 15.4. The second-order valence-electron chi connectivity index (χ2n) is 5.01. The van der Waals surface area contributed by atoms with Crippen LogP contribution in [0.15, 0.2) is 54.9 Å². The molecule has 0 spiro atoms. The average molecular weight is 297 g/mol. The van der Waals surface area contributed by atoms with Gasteiger partial charge in [0.05, 0.1) is 24.5 Å². The zero-order valence-corrected chi connectivity index (χ0v) is 12.0. The fourth-order valence-electron chi connectivity index (χ4n) is 2.39. The van der Waals surface area contributed by atoms with Crippen molar-refractivity contribution in [3.05, 3.63) is 71.9 Å². The molecule has 2 aromatic heterocycles. The monoisotopic (exact) mass is 297 g/mol. The van der Waals surface area contributed by atoms with Gasteiger partial charge in [-0.3, -0.25) is 9.67 Å². The van der Waals surface area contributed by atoms with Crippen LogP contribution in [0.4, 0.5) is 4.39 Å². The molecule has 112 valence electrons. The number of aliphatic hydroxyl groups is 1. The summed E-state index contributed by atoms with van der Waals surface area (Å²) in [7, 11) is 0. The predicted molar refractivity (Wildman–Crippen MR) is 81.7 cm³/mol. The molecule has 22 heavy (non-hydrogen) atoms. The Morgan fingerprint density at radius 1 is 1.05 bits per heavy atom. The van der Waals surface area contributed by atoms with Crippen LogP contribution in [0.3, 0.4) is 0 Å². The summed E-state index contributed by atoms with van der Waals surface area (Å²) in [6, 6.07) is 12.2. The number of pyridine rings is 1. The van der Waals surface area contributed by atoms with Crippen molar-refractivity contribution in [3.8, 4) is 11.3 Å². The summed E-state index contributed by atoms with van der Waals surface area (Å²) in [5.74, 6) is -0.243. The number of benzene rings is 1. The van der Waals surface area contributed by atoms with E-state index < -0.39 is 0 Å². The van der Waals surface area contributed by atoms with Gasteiger partial charge in [-0.15, -0.1) is 0 Å². The fraction of sp³-hybridized carbons (Fsp3) is 0.176. The minimum absolute atomic E-state index is 0.0236. The van der Waals surface area contributed by atoms with E-state index in [0.29, 0.717) is 13.0 Å². The van der Waals surface area contributed by atoms with Crippen LogP contribution in [0, 0.1) is 5.82 Å². The lowest BCUT2D eigenvalue weighted by Crippen LogP contribution is -2.06. The molecule has 0 radical (unpaired) electrons. The maximum absolute atomic E-state index is 13.0. The summed E-state index contributed by atoms with van der Waals surface area (Å²) in [6.07, 6.45) is 4.08. The number of hydrogen-bond donors (Lipinski definition) is 1. The number of nitrogens with zero attached hydrogens (tertiary/aromatic N) is 3. The standard InChI is InChI=1S/C17H16FN3O/c18-15-3-1-13(2-4-15)11-16-12-17(21(20-16)9-10-22)14-5-7-19-8-6-14/h1-8,12,22H,9-11H2. The van der Waals surface area contributed by atoms with Gasteiger partial charge < -0.3 is 5.11 Å². The van der Waals surface area contributed by atoms with Crippen LogP contribution in [0.2, 0.25) is 0 Å². The highest BCUT2D eigenvalue weighted by Crippen LogP contribution is 2.21. The molecule has 0 atom stereocenters. The first-order chi connectivity index (χ1) is 10.8. The van der Waals surface area contributed by atoms with Crippen molar-refractivity contribution in [2.45, 2.75) is 13.0 Å². The van der Waals surface area contributed by atoms with Crippen molar-refractivity contribution >= 4 is 0 Å². The summed E-state index contributed by atoms with van der Waals surface area (Å²) in [5.41, 5.74) is 3.82. The average Bonchev–Trinajstić information content (AvgIpc) is 2.93. The molecule has 1 aromatic carbocycles. The largest absolute Gasteiger partial charge is 0.394 e. The molecule has 2 heterocycles. The Morgan fingerprint density at radius 2 is 1.77 bits per heavy atom. The van der Waals surface area contributed by atoms with Gasteiger partial charge in [-0.25, -0.2) is 4.39 Å². The van der Waals surface area contributed by atoms with Crippen LogP contribution in [-0.4, -0.2) is 26.5 Å². The summed E-state index contributed by atoms with van der Waals surface area (Å²) in [5, 5.41) is 13.7. The second-order valence-corrected chi connectivity index (χ2v) is 5.01. The highest BCUT2D eigenvalue weighted by molar-refractivity contribution is 5.59. The lowest BCUT2D eigenvalue weighted by Gasteiger charge is -2.04. The predicted octanol–water partition coefficient (Wildman–Crippen LogP) is 2.67. The van der Waals surface area contributed by atoms with Gasteiger partial charge in [-0.05, 0) is 35.9 Å². The third-order valence-corrected chi connectivity index (χ3v) is 3.42. The van der Waals surface area contributed by atoms with Crippen molar-refractivity contribution in [1.82, 2.24) is 14.8 Å². The number of rotatable bonds is 5. The molecule has 0 aliphatic carbocycles. The molecule has 0 saturated heterocycles. The van der Waals surface area contributed by atoms with E-state index in [1.54, 1.807) is 29.2 Å². The van der Waals surface area contributed by atoms with Crippen molar-refractivity contribution in [2.24, 2.45) is 0 Å². The van der Waals surface area contributed by atoms with Gasteiger partial charge in [0, 0.05) is 24.4 Å². The first-order valence-electron chi connectivity index (χ1n) is 7.08. The lowest BCUT2D eigenvalue weighted by molar-refractivity contribution is 0.270. The van der Waals surface area contributed by atoms with E-state index >= 15 is 0 Å². The number of hydrogen-bond acceptors (Lipinski definition) is 3. The van der Waals surface area contributed by atoms with Crippen LogP contribution in [0.5, 0.6) is 0 Å². The van der Waals surface area contributed by atoms with E-state index in [-0.39, 0.29) is 12.4 Å². The van der Waals surface area contributed by atoms with Crippen molar-refractivity contribution in [3.63, 3.8) is 0 Å². The minimum atomic E-state index is -0.243. The van der Waals surface area contributed by atoms with Gasteiger partial charge in [0.1, 0.15) is 5.82 Å². The van der Waals surface area contributed by atoms with Gasteiger partial charge in [0.2, 0.25) is 0 Å². The Kier molecular flexibility index (Phi) is 4.25. The maximum atomic E-state index is 13.0. The summed E-state index contributed by atoms with van der Waals surface area (Å²) in [4.78, 5) is 4.01. The Morgan fingerprint density at radius 3 is 2.45 bits per heavy atom. The molecule has 0 amide bonds. The molecular formula is C17H16FN3O. The molecule has 1 N–H and O–H groups in total. The molecule has 0 saturated carbocycles. The first-order valence-corrected chi connectivity index (χ1v) is 7.08. The summed E-state index contributed by atoms with van der Waals surface area (Å²) >= 11 is 0. The van der Waals surface area contributed by atoms with E-state index in [1.807, 2.05) is 18.2 Å². The van der Waals surface area contributed by atoms with E-state index in [2.05, 4.69) is 10.1 Å². The highest BCUT2D eigenvalue weighted by Gasteiger charge is 2.10. The van der Waals surface area contributed by atoms with E-state index in [1.165, 1.54) is 12.1 Å². The van der Waals surface area contributed by atoms with Gasteiger partial charge in [0.25, 0.3) is 0 Å². The smallest absolute Gasteiger partial charge is 0.123 e. The van der Waals surface area contributed by atoms with Crippen LogP contribution >= 0.6 is 0 Å². The molecular weight excluding hydrogens is 281 g/mol. The number of aliphatic hydroxyl groups excluding tert-OH is 1. The van der Waals surface area contributed by atoms with Crippen molar-refractivity contribution in [2.75, 3.05) is 6.61 Å². The quantitative estimate of drug-likeness (QED) is 0.787. The molecule has 0 aliphatic rings. The Bertz CT molecular complexity index is 738. The van der Waals surface area contributed by atoms with Crippen LogP contribution in [0.1, 0.15) is 11.3 Å². The van der Waals surface area contributed by atoms with Crippen LogP contribution in [0.25, 0.3) is 11.3 Å². The van der Waals surface area contributed by atoms with Crippen LogP contribution < -0.4 is 0 Å². The van der Waals surface area contributed by atoms with E-state index in [0.717, 1.165) is 22.5 Å². The highest BCUT2D eigenvalue weighted by atomic mass is 19.1. The maximum Gasteiger partial charge on any atom is 0.123 e.